The number of carbonyl (C=O) groups is 1. The molecule has 1 aromatic heterocycles. The Kier molecular flexibility index (Phi) is 6.35. The second-order valence-corrected chi connectivity index (χ2v) is 6.90. The molecule has 1 aliphatic heterocycles. The molecule has 0 atom stereocenters. The lowest BCUT2D eigenvalue weighted by Gasteiger charge is -2.29. The molecule has 0 spiro atoms. The molecular weight excluding hydrogens is 338 g/mol. The summed E-state index contributed by atoms with van der Waals surface area (Å²) in [6.45, 7) is 12.4. The van der Waals surface area contributed by atoms with Crippen LogP contribution in [0.4, 0.5) is 5.69 Å². The molecule has 2 aromatic rings. The Morgan fingerprint density at radius 1 is 1.22 bits per heavy atom. The normalized spacial score (nSPS) is 14.2. The maximum atomic E-state index is 13.0. The summed E-state index contributed by atoms with van der Waals surface area (Å²) in [5, 5.41) is 3.09. The van der Waals surface area contributed by atoms with Gasteiger partial charge in [-0.3, -0.25) is 4.79 Å². The average molecular weight is 367 g/mol. The quantitative estimate of drug-likeness (QED) is 0.765. The van der Waals surface area contributed by atoms with Crippen molar-refractivity contribution >= 4 is 11.6 Å². The molecule has 144 valence electrons. The molecule has 1 aromatic carbocycles. The lowest BCUT2D eigenvalue weighted by Crippen LogP contribution is -2.36. The summed E-state index contributed by atoms with van der Waals surface area (Å²) >= 11 is 0. The van der Waals surface area contributed by atoms with Crippen LogP contribution in [0.2, 0.25) is 0 Å². The van der Waals surface area contributed by atoms with Crippen LogP contribution < -0.4 is 10.2 Å². The molecule has 0 radical (unpaired) electrons. The van der Waals surface area contributed by atoms with E-state index in [1.54, 1.807) is 0 Å². The minimum Gasteiger partial charge on any atom is -0.378 e. The third-order valence-electron chi connectivity index (χ3n) is 5.12. The number of hydrogen-bond donors (Lipinski definition) is 1. The highest BCUT2D eigenvalue weighted by molar-refractivity contribution is 5.96. The van der Waals surface area contributed by atoms with E-state index in [0.29, 0.717) is 13.1 Å². The standard InChI is InChI=1S/C22H29N3O2/c1-4-12-25-18(3)20(24-13-15-27-16-14-24)17(2)21(25)22(26)23-11-10-19-8-6-5-7-9-19/h4-9H,1,10-16H2,2-3H3,(H,23,26). The van der Waals surface area contributed by atoms with Crippen molar-refractivity contribution in [2.24, 2.45) is 0 Å². The highest BCUT2D eigenvalue weighted by Crippen LogP contribution is 2.31. The number of nitrogens with zero attached hydrogens (tertiary/aromatic N) is 2. The van der Waals surface area contributed by atoms with Gasteiger partial charge in [-0.1, -0.05) is 36.4 Å². The Hall–Kier alpha value is -2.53. The number of benzene rings is 1. The maximum Gasteiger partial charge on any atom is 0.268 e. The third-order valence-corrected chi connectivity index (χ3v) is 5.12. The van der Waals surface area contributed by atoms with Crippen LogP contribution >= 0.6 is 0 Å². The molecule has 1 fully saturated rings. The summed E-state index contributed by atoms with van der Waals surface area (Å²) in [7, 11) is 0. The van der Waals surface area contributed by atoms with E-state index in [2.05, 4.69) is 40.4 Å². The lowest BCUT2D eigenvalue weighted by atomic mass is 10.1. The Morgan fingerprint density at radius 3 is 2.59 bits per heavy atom. The molecular formula is C22H29N3O2. The van der Waals surface area contributed by atoms with Gasteiger partial charge in [0.05, 0.1) is 18.9 Å². The van der Waals surface area contributed by atoms with Gasteiger partial charge in [0.2, 0.25) is 0 Å². The topological polar surface area (TPSA) is 46.5 Å². The maximum absolute atomic E-state index is 13.0. The zero-order chi connectivity index (χ0) is 19.2. The summed E-state index contributed by atoms with van der Waals surface area (Å²) in [5.74, 6) is -0.0205. The van der Waals surface area contributed by atoms with Crippen molar-refractivity contribution in [2.45, 2.75) is 26.8 Å². The Labute approximate surface area is 161 Å². The number of morpholine rings is 1. The molecule has 2 heterocycles. The van der Waals surface area contributed by atoms with Gasteiger partial charge in [-0.05, 0) is 25.8 Å². The summed E-state index contributed by atoms with van der Waals surface area (Å²) in [6, 6.07) is 10.2. The first-order chi connectivity index (χ1) is 13.1. The number of rotatable bonds is 7. The molecule has 1 N–H and O–H groups in total. The number of anilines is 1. The minimum atomic E-state index is -0.0205. The molecule has 0 aliphatic carbocycles. The Balaban J connectivity index is 1.79. The number of ether oxygens (including phenoxy) is 1. The fourth-order valence-corrected chi connectivity index (χ4v) is 3.83. The fourth-order valence-electron chi connectivity index (χ4n) is 3.83. The predicted octanol–water partition coefficient (Wildman–Crippen LogP) is 3.10. The largest absolute Gasteiger partial charge is 0.378 e. The zero-order valence-electron chi connectivity index (χ0n) is 16.3. The molecule has 0 unspecified atom stereocenters. The van der Waals surface area contributed by atoms with E-state index in [1.165, 1.54) is 5.56 Å². The Bertz CT molecular complexity index is 790. The molecule has 5 nitrogen and oxygen atoms in total. The first-order valence-corrected chi connectivity index (χ1v) is 9.59. The van der Waals surface area contributed by atoms with E-state index in [9.17, 15) is 4.79 Å². The highest BCUT2D eigenvalue weighted by atomic mass is 16.5. The molecule has 27 heavy (non-hydrogen) atoms. The van der Waals surface area contributed by atoms with Crippen molar-refractivity contribution in [3.8, 4) is 0 Å². The van der Waals surface area contributed by atoms with Gasteiger partial charge in [-0.2, -0.15) is 0 Å². The molecule has 5 heteroatoms. The van der Waals surface area contributed by atoms with Gasteiger partial charge in [0.1, 0.15) is 5.69 Å². The molecule has 1 aliphatic rings. The van der Waals surface area contributed by atoms with Crippen molar-refractivity contribution < 1.29 is 9.53 Å². The van der Waals surface area contributed by atoms with Crippen molar-refractivity contribution in [2.75, 3.05) is 37.7 Å². The highest BCUT2D eigenvalue weighted by Gasteiger charge is 2.26. The lowest BCUT2D eigenvalue weighted by molar-refractivity contribution is 0.0944. The third kappa shape index (κ3) is 4.25. The van der Waals surface area contributed by atoms with Gasteiger partial charge in [-0.15, -0.1) is 6.58 Å². The van der Waals surface area contributed by atoms with E-state index in [-0.39, 0.29) is 5.91 Å². The number of amides is 1. The van der Waals surface area contributed by atoms with Crippen LogP contribution in [-0.4, -0.2) is 43.3 Å². The van der Waals surface area contributed by atoms with E-state index >= 15 is 0 Å². The second-order valence-electron chi connectivity index (χ2n) is 6.90. The average Bonchev–Trinajstić information content (AvgIpc) is 2.93. The fraction of sp³-hybridized carbons (Fsp3) is 0.409. The van der Waals surface area contributed by atoms with E-state index in [1.807, 2.05) is 31.2 Å². The first-order valence-electron chi connectivity index (χ1n) is 9.59. The van der Waals surface area contributed by atoms with Crippen LogP contribution in [0.15, 0.2) is 43.0 Å². The summed E-state index contributed by atoms with van der Waals surface area (Å²) in [4.78, 5) is 15.3. The monoisotopic (exact) mass is 367 g/mol. The van der Waals surface area contributed by atoms with Gasteiger partial charge in [-0.25, -0.2) is 0 Å². The molecule has 0 saturated carbocycles. The van der Waals surface area contributed by atoms with Gasteiger partial charge >= 0.3 is 0 Å². The second kappa shape index (κ2) is 8.91. The molecule has 3 rings (SSSR count). The van der Waals surface area contributed by atoms with Crippen LogP contribution in [0.5, 0.6) is 0 Å². The van der Waals surface area contributed by atoms with Crippen molar-refractivity contribution in [1.82, 2.24) is 9.88 Å². The number of hydrogen-bond acceptors (Lipinski definition) is 3. The summed E-state index contributed by atoms with van der Waals surface area (Å²) in [5.41, 5.74) is 5.27. The minimum absolute atomic E-state index is 0.0205. The zero-order valence-corrected chi connectivity index (χ0v) is 16.3. The number of aromatic nitrogens is 1. The summed E-state index contributed by atoms with van der Waals surface area (Å²) < 4.78 is 7.56. The first kappa shape index (κ1) is 19.2. The molecule has 1 amide bonds. The van der Waals surface area contributed by atoms with Gasteiger partial charge in [0.25, 0.3) is 5.91 Å². The van der Waals surface area contributed by atoms with Gasteiger partial charge in [0, 0.05) is 37.4 Å². The number of nitrogens with one attached hydrogen (secondary N) is 1. The van der Waals surface area contributed by atoms with Gasteiger partial charge < -0.3 is 19.5 Å². The Morgan fingerprint density at radius 2 is 1.93 bits per heavy atom. The van der Waals surface area contributed by atoms with Crippen LogP contribution in [0.25, 0.3) is 0 Å². The van der Waals surface area contributed by atoms with E-state index < -0.39 is 0 Å². The van der Waals surface area contributed by atoms with Gasteiger partial charge in [0.15, 0.2) is 0 Å². The van der Waals surface area contributed by atoms with Crippen molar-refractivity contribution in [3.05, 3.63) is 65.5 Å². The van der Waals surface area contributed by atoms with E-state index in [4.69, 9.17) is 4.74 Å². The van der Waals surface area contributed by atoms with Crippen LogP contribution in [0, 0.1) is 13.8 Å². The SMILES string of the molecule is C=CCn1c(C)c(N2CCOCC2)c(C)c1C(=O)NCCc1ccccc1. The van der Waals surface area contributed by atoms with Crippen molar-refractivity contribution in [3.63, 3.8) is 0 Å². The van der Waals surface area contributed by atoms with Crippen molar-refractivity contribution in [1.29, 1.82) is 0 Å². The summed E-state index contributed by atoms with van der Waals surface area (Å²) in [6.07, 6.45) is 2.67. The predicted molar refractivity (Wildman–Crippen MR) is 110 cm³/mol. The van der Waals surface area contributed by atoms with Crippen LogP contribution in [-0.2, 0) is 17.7 Å². The van der Waals surface area contributed by atoms with Crippen LogP contribution in [0.1, 0.15) is 27.3 Å². The number of allylic oxidation sites excluding steroid dienone is 1. The van der Waals surface area contributed by atoms with E-state index in [0.717, 1.165) is 55.4 Å². The molecule has 0 bridgehead atoms. The smallest absolute Gasteiger partial charge is 0.268 e. The molecule has 1 saturated heterocycles. The number of carbonyl (C=O) groups excluding carboxylic acids is 1. The van der Waals surface area contributed by atoms with Crippen LogP contribution in [0.3, 0.4) is 0 Å².